The van der Waals surface area contributed by atoms with Gasteiger partial charge >= 0.3 is 10.2 Å². The molecule has 1 saturated heterocycles. The molecule has 2 heterocycles. The van der Waals surface area contributed by atoms with E-state index in [1.807, 2.05) is 4.72 Å². The number of benzene rings is 1. The second-order valence-electron chi connectivity index (χ2n) is 5.08. The van der Waals surface area contributed by atoms with Crippen LogP contribution in [0.15, 0.2) is 41.2 Å². The maximum atomic E-state index is 11.8. The topological polar surface area (TPSA) is 120 Å². The van der Waals surface area contributed by atoms with E-state index < -0.39 is 16.1 Å². The third-order valence-corrected chi connectivity index (χ3v) is 4.74. The Morgan fingerprint density at radius 3 is 2.50 bits per heavy atom. The van der Waals surface area contributed by atoms with Crippen molar-refractivity contribution in [2.75, 3.05) is 10.8 Å². The first kappa shape index (κ1) is 19.2. The summed E-state index contributed by atoms with van der Waals surface area (Å²) in [7, 11) is -3.96. The molecule has 1 aliphatic heterocycles. The molecule has 1 radical (unpaired) electrons. The maximum Gasteiger partial charge on any atom is 0.326 e. The third-order valence-electron chi connectivity index (χ3n) is 3.35. The van der Waals surface area contributed by atoms with Gasteiger partial charge in [0.1, 0.15) is 12.3 Å². The normalized spacial score (nSPS) is 15.7. The molecule has 0 aliphatic carbocycles. The van der Waals surface area contributed by atoms with Gasteiger partial charge in [-0.1, -0.05) is 12.1 Å². The number of hydrogen-bond donors (Lipinski definition) is 3. The number of nitrogens with zero attached hydrogens (tertiary/aromatic N) is 1. The van der Waals surface area contributed by atoms with Crippen molar-refractivity contribution in [3.05, 3.63) is 58.0 Å². The van der Waals surface area contributed by atoms with Crippen molar-refractivity contribution in [3.8, 4) is 5.75 Å². The number of hydrogen-bond acceptors (Lipinski definition) is 5. The van der Waals surface area contributed by atoms with Crippen molar-refractivity contribution in [3.63, 3.8) is 0 Å². The summed E-state index contributed by atoms with van der Waals surface area (Å²) in [6.45, 7) is -0.374. The quantitative estimate of drug-likeness (QED) is 0.624. The van der Waals surface area contributed by atoms with Gasteiger partial charge in [-0.05, 0) is 23.8 Å². The van der Waals surface area contributed by atoms with Crippen LogP contribution >= 0.6 is 0 Å². The van der Waals surface area contributed by atoms with Crippen molar-refractivity contribution in [2.24, 2.45) is 0 Å². The van der Waals surface area contributed by atoms with E-state index in [9.17, 15) is 23.1 Å². The SMILES string of the molecule is O=C1CN(c2ccc(Cc3cccc(=O)[nH]3)cc2O)S(=O)(=O)N1.[K]. The smallest absolute Gasteiger partial charge is 0.326 e. The van der Waals surface area contributed by atoms with Crippen LogP contribution in [-0.2, 0) is 21.4 Å². The number of amides is 1. The van der Waals surface area contributed by atoms with Crippen LogP contribution in [0.25, 0.3) is 0 Å². The standard InChI is InChI=1S/C14H13N3O5S.K/c18-12-7-9(6-10-2-1-3-13(19)15-10)4-5-11(12)17-8-14(20)16-23(17,21)22;/h1-5,7,18H,6,8H2,(H,15,19)(H,16,20);. The molecule has 24 heavy (non-hydrogen) atoms. The number of nitrogens with one attached hydrogen (secondary N) is 2. The molecule has 1 fully saturated rings. The average molecular weight is 374 g/mol. The number of carbonyl (C=O) groups is 1. The molecular weight excluding hydrogens is 361 g/mol. The molecule has 0 bridgehead atoms. The summed E-state index contributed by atoms with van der Waals surface area (Å²) in [5.41, 5.74) is 1.14. The van der Waals surface area contributed by atoms with E-state index in [1.165, 1.54) is 18.2 Å². The second-order valence-corrected chi connectivity index (χ2v) is 6.67. The number of carbonyl (C=O) groups excluding carboxylic acids is 1. The van der Waals surface area contributed by atoms with Gasteiger partial charge in [-0.3, -0.25) is 9.59 Å². The summed E-state index contributed by atoms with van der Waals surface area (Å²) in [4.78, 5) is 25.2. The molecule has 1 amide bonds. The fourth-order valence-electron chi connectivity index (χ4n) is 2.37. The van der Waals surface area contributed by atoms with E-state index in [0.717, 1.165) is 4.31 Å². The van der Waals surface area contributed by atoms with E-state index in [2.05, 4.69) is 4.98 Å². The molecule has 3 N–H and O–H groups in total. The number of phenolic OH excluding ortho intramolecular Hbond substituents is 1. The van der Waals surface area contributed by atoms with Crippen molar-refractivity contribution in [1.82, 2.24) is 9.71 Å². The van der Waals surface area contributed by atoms with Crippen LogP contribution in [-0.4, -0.2) is 82.3 Å². The zero-order valence-corrected chi connectivity index (χ0v) is 16.8. The largest absolute Gasteiger partial charge is 0.506 e. The van der Waals surface area contributed by atoms with E-state index in [1.54, 1.807) is 18.2 Å². The van der Waals surface area contributed by atoms with Gasteiger partial charge in [0.25, 0.3) is 5.91 Å². The van der Waals surface area contributed by atoms with Crippen LogP contribution in [0.5, 0.6) is 5.75 Å². The van der Waals surface area contributed by atoms with Crippen LogP contribution in [0.1, 0.15) is 11.3 Å². The van der Waals surface area contributed by atoms with Gasteiger partial charge in [0.05, 0.1) is 5.69 Å². The summed E-state index contributed by atoms with van der Waals surface area (Å²) in [6, 6.07) is 9.20. The Hall–Kier alpha value is -1.17. The van der Waals surface area contributed by atoms with Gasteiger partial charge in [-0.15, -0.1) is 0 Å². The van der Waals surface area contributed by atoms with Gasteiger partial charge in [-0.25, -0.2) is 9.03 Å². The van der Waals surface area contributed by atoms with Crippen molar-refractivity contribution in [1.29, 1.82) is 0 Å². The van der Waals surface area contributed by atoms with Crippen molar-refractivity contribution >= 4 is 73.2 Å². The first-order valence-electron chi connectivity index (χ1n) is 6.68. The van der Waals surface area contributed by atoms with E-state index in [0.29, 0.717) is 17.7 Å². The van der Waals surface area contributed by atoms with Gasteiger partial charge < -0.3 is 10.1 Å². The molecule has 2 aromatic rings. The minimum atomic E-state index is -3.96. The number of aromatic nitrogens is 1. The van der Waals surface area contributed by atoms with E-state index >= 15 is 0 Å². The molecule has 0 atom stereocenters. The predicted molar refractivity (Wildman–Crippen MR) is 88.1 cm³/mol. The molecule has 1 aromatic heterocycles. The van der Waals surface area contributed by atoms with Gasteiger partial charge in [0.15, 0.2) is 0 Å². The Morgan fingerprint density at radius 2 is 1.92 bits per heavy atom. The Bertz CT molecular complexity index is 941. The minimum Gasteiger partial charge on any atom is -0.506 e. The fraction of sp³-hybridized carbons (Fsp3) is 0.143. The number of aromatic amines is 1. The number of pyridine rings is 1. The van der Waals surface area contributed by atoms with Crippen LogP contribution in [0.3, 0.4) is 0 Å². The summed E-state index contributed by atoms with van der Waals surface area (Å²) < 4.78 is 26.2. The van der Waals surface area contributed by atoms with Crippen LogP contribution < -0.4 is 14.6 Å². The Morgan fingerprint density at radius 1 is 1.17 bits per heavy atom. The maximum absolute atomic E-state index is 11.8. The summed E-state index contributed by atoms with van der Waals surface area (Å²) in [6.07, 6.45) is 0.369. The van der Waals surface area contributed by atoms with E-state index in [4.69, 9.17) is 0 Å². The molecule has 10 heteroatoms. The summed E-state index contributed by atoms with van der Waals surface area (Å²) in [5.74, 6) is -0.920. The second kappa shape index (κ2) is 7.38. The zero-order valence-electron chi connectivity index (χ0n) is 12.8. The number of anilines is 1. The predicted octanol–water partition coefficient (Wildman–Crippen LogP) is -0.529. The number of H-pyrrole nitrogens is 1. The molecule has 0 unspecified atom stereocenters. The number of phenols is 1. The Labute approximate surface area is 180 Å². The molecular formula is C14H13KN3O5S. The molecule has 0 saturated carbocycles. The minimum absolute atomic E-state index is 0. The Balaban J connectivity index is 0.00000208. The summed E-state index contributed by atoms with van der Waals surface area (Å²) in [5, 5.41) is 10.1. The zero-order chi connectivity index (χ0) is 16.6. The molecule has 1 aliphatic rings. The third kappa shape index (κ3) is 4.07. The average Bonchev–Trinajstić information content (AvgIpc) is 2.72. The fourth-order valence-corrected chi connectivity index (χ4v) is 3.53. The molecule has 121 valence electrons. The van der Waals surface area contributed by atoms with Gasteiger partial charge in [0.2, 0.25) is 5.56 Å². The first-order valence-corrected chi connectivity index (χ1v) is 8.12. The number of rotatable bonds is 3. The summed E-state index contributed by atoms with van der Waals surface area (Å²) >= 11 is 0. The van der Waals surface area contributed by atoms with E-state index in [-0.39, 0.29) is 74.9 Å². The van der Waals surface area contributed by atoms with Crippen molar-refractivity contribution in [2.45, 2.75) is 6.42 Å². The molecule has 8 nitrogen and oxygen atoms in total. The van der Waals surface area contributed by atoms with Crippen molar-refractivity contribution < 1.29 is 18.3 Å². The monoisotopic (exact) mass is 374 g/mol. The first-order chi connectivity index (χ1) is 10.8. The van der Waals surface area contributed by atoms with Crippen LogP contribution in [0, 0.1) is 0 Å². The van der Waals surface area contributed by atoms with Gasteiger partial charge in [0, 0.05) is 69.6 Å². The van der Waals surface area contributed by atoms with Gasteiger partial charge in [-0.2, -0.15) is 8.42 Å². The number of aromatic hydroxyl groups is 1. The Kier molecular flexibility index (Phi) is 5.89. The molecule has 1 aromatic carbocycles. The van der Waals surface area contributed by atoms with Crippen LogP contribution in [0.2, 0.25) is 0 Å². The molecule has 3 rings (SSSR count). The van der Waals surface area contributed by atoms with Crippen LogP contribution in [0.4, 0.5) is 5.69 Å². The molecule has 0 spiro atoms.